The third kappa shape index (κ3) is 5.65. The molecule has 1 atom stereocenters. The summed E-state index contributed by atoms with van der Waals surface area (Å²) in [5, 5.41) is 1.91. The summed E-state index contributed by atoms with van der Waals surface area (Å²) in [6.45, 7) is 4.36. The van der Waals surface area contributed by atoms with Crippen molar-refractivity contribution in [2.24, 2.45) is 0 Å². The monoisotopic (exact) mass is 411 g/mol. The van der Waals surface area contributed by atoms with Gasteiger partial charge in [-0.1, -0.05) is 0 Å². The van der Waals surface area contributed by atoms with Gasteiger partial charge in [-0.3, -0.25) is 4.79 Å². The Morgan fingerprint density at radius 3 is 2.17 bits per heavy atom. The van der Waals surface area contributed by atoms with Crippen LogP contribution in [-0.2, 0) is 11.3 Å². The van der Waals surface area contributed by atoms with E-state index < -0.39 is 12.1 Å². The van der Waals surface area contributed by atoms with E-state index in [4.69, 9.17) is 14.2 Å². The van der Waals surface area contributed by atoms with Crippen LogP contribution in [0.4, 0.5) is 0 Å². The summed E-state index contributed by atoms with van der Waals surface area (Å²) in [5.41, 5.74) is 3.39. The number of ether oxygens (including phenoxy) is 3. The van der Waals surface area contributed by atoms with Crippen LogP contribution in [0.25, 0.3) is 0 Å². The van der Waals surface area contributed by atoms with Gasteiger partial charge in [-0.15, -0.1) is 11.3 Å². The third-order valence-corrected chi connectivity index (χ3v) is 4.70. The van der Waals surface area contributed by atoms with Gasteiger partial charge in [0, 0.05) is 10.9 Å². The fourth-order valence-electron chi connectivity index (χ4n) is 2.55. The second-order valence-electron chi connectivity index (χ2n) is 6.16. The lowest BCUT2D eigenvalue weighted by atomic mass is 10.1. The maximum atomic E-state index is 12.5. The highest BCUT2D eigenvalue weighted by Crippen LogP contribution is 2.17. The van der Waals surface area contributed by atoms with Crippen LogP contribution in [0.5, 0.6) is 11.5 Å². The number of ketones is 1. The molecule has 150 valence electrons. The molecule has 7 heteroatoms. The van der Waals surface area contributed by atoms with E-state index in [0.29, 0.717) is 35.8 Å². The number of thiazole rings is 1. The van der Waals surface area contributed by atoms with Crippen molar-refractivity contribution in [1.29, 1.82) is 0 Å². The number of carbonyl (C=O) groups excluding carboxylic acids is 2. The molecule has 2 aromatic carbocycles. The maximum Gasteiger partial charge on any atom is 0.338 e. The Bertz CT molecular complexity index is 936. The topological polar surface area (TPSA) is 74.7 Å². The number of benzene rings is 2. The molecular formula is C22H21NO5S. The van der Waals surface area contributed by atoms with Gasteiger partial charge in [0.15, 0.2) is 6.10 Å². The van der Waals surface area contributed by atoms with E-state index in [1.807, 2.05) is 12.3 Å². The molecule has 0 saturated carbocycles. The number of hydrogen-bond donors (Lipinski definition) is 0. The molecule has 0 aliphatic carbocycles. The minimum atomic E-state index is -0.902. The first kappa shape index (κ1) is 20.5. The number of esters is 1. The normalized spacial score (nSPS) is 11.5. The van der Waals surface area contributed by atoms with Crippen LogP contribution >= 0.6 is 11.3 Å². The van der Waals surface area contributed by atoms with Crippen LogP contribution in [0.1, 0.15) is 40.3 Å². The van der Waals surface area contributed by atoms with Gasteiger partial charge in [0.2, 0.25) is 5.78 Å². The highest BCUT2D eigenvalue weighted by Gasteiger charge is 2.20. The summed E-state index contributed by atoms with van der Waals surface area (Å²) in [6.07, 6.45) is -0.902. The second kappa shape index (κ2) is 9.84. The van der Waals surface area contributed by atoms with E-state index in [9.17, 15) is 9.59 Å². The zero-order valence-electron chi connectivity index (χ0n) is 16.2. The number of aromatic nitrogens is 1. The first-order valence-corrected chi connectivity index (χ1v) is 10.1. The summed E-state index contributed by atoms with van der Waals surface area (Å²) < 4.78 is 16.3. The second-order valence-corrected chi connectivity index (χ2v) is 6.88. The van der Waals surface area contributed by atoms with Gasteiger partial charge in [0.05, 0.1) is 23.4 Å². The van der Waals surface area contributed by atoms with Crippen LogP contribution in [-0.4, -0.2) is 29.4 Å². The fourth-order valence-corrected chi connectivity index (χ4v) is 3.10. The SMILES string of the molecule is CCOc1ccc(C(=O)[C@H](C)OC(=O)c2ccc(OCc3cscn3)cc2)cc1. The predicted octanol–water partition coefficient (Wildman–Crippen LogP) is 4.55. The minimum absolute atomic E-state index is 0.274. The summed E-state index contributed by atoms with van der Waals surface area (Å²) in [6, 6.07) is 13.3. The Morgan fingerprint density at radius 2 is 1.59 bits per heavy atom. The molecule has 0 radical (unpaired) electrons. The first-order chi connectivity index (χ1) is 14.1. The van der Waals surface area contributed by atoms with Crippen LogP contribution in [0.2, 0.25) is 0 Å². The number of carbonyl (C=O) groups is 2. The van der Waals surface area contributed by atoms with E-state index in [-0.39, 0.29) is 5.78 Å². The van der Waals surface area contributed by atoms with Gasteiger partial charge in [0.25, 0.3) is 0 Å². The molecule has 1 heterocycles. The lowest BCUT2D eigenvalue weighted by Crippen LogP contribution is -2.24. The first-order valence-electron chi connectivity index (χ1n) is 9.14. The maximum absolute atomic E-state index is 12.5. The highest BCUT2D eigenvalue weighted by atomic mass is 32.1. The molecule has 29 heavy (non-hydrogen) atoms. The molecule has 0 unspecified atom stereocenters. The molecule has 0 aliphatic heterocycles. The van der Waals surface area contributed by atoms with Crippen molar-refractivity contribution >= 4 is 23.1 Å². The molecule has 0 N–H and O–H groups in total. The lowest BCUT2D eigenvalue weighted by molar-refractivity contribution is 0.0318. The molecule has 0 spiro atoms. The molecule has 0 fully saturated rings. The predicted molar refractivity (Wildman–Crippen MR) is 110 cm³/mol. The summed E-state index contributed by atoms with van der Waals surface area (Å²) >= 11 is 1.50. The summed E-state index contributed by atoms with van der Waals surface area (Å²) in [7, 11) is 0. The standard InChI is InChI=1S/C22H21NO5S/c1-3-26-19-8-4-16(5-9-19)21(24)15(2)28-22(25)17-6-10-20(11-7-17)27-12-18-13-29-14-23-18/h4-11,13-15H,3,12H2,1-2H3/t15-/m0/s1. The van der Waals surface area contributed by atoms with Crippen molar-refractivity contribution in [3.63, 3.8) is 0 Å². The Labute approximate surface area is 173 Å². The van der Waals surface area contributed by atoms with Crippen LogP contribution in [0, 0.1) is 0 Å². The van der Waals surface area contributed by atoms with Crippen LogP contribution in [0.3, 0.4) is 0 Å². The molecule has 1 aromatic heterocycles. The summed E-state index contributed by atoms with van der Waals surface area (Å²) in [5.74, 6) is 0.464. The van der Waals surface area contributed by atoms with Crippen LogP contribution < -0.4 is 9.47 Å². The van der Waals surface area contributed by atoms with Crippen LogP contribution in [0.15, 0.2) is 59.4 Å². The van der Waals surface area contributed by atoms with Gasteiger partial charge >= 0.3 is 5.97 Å². The van der Waals surface area contributed by atoms with Crippen molar-refractivity contribution < 1.29 is 23.8 Å². The third-order valence-electron chi connectivity index (χ3n) is 4.06. The molecule has 0 aliphatic rings. The quantitative estimate of drug-likeness (QED) is 0.380. The van der Waals surface area contributed by atoms with Gasteiger partial charge in [0.1, 0.15) is 18.1 Å². The van der Waals surface area contributed by atoms with Crippen molar-refractivity contribution in [2.45, 2.75) is 26.6 Å². The number of nitrogens with zero attached hydrogens (tertiary/aromatic N) is 1. The summed E-state index contributed by atoms with van der Waals surface area (Å²) in [4.78, 5) is 29.0. The van der Waals surface area contributed by atoms with Crippen molar-refractivity contribution in [2.75, 3.05) is 6.61 Å². The van der Waals surface area contributed by atoms with Gasteiger partial charge in [-0.25, -0.2) is 9.78 Å². The van der Waals surface area contributed by atoms with Crippen molar-refractivity contribution in [3.8, 4) is 11.5 Å². The minimum Gasteiger partial charge on any atom is -0.494 e. The Hall–Kier alpha value is -3.19. The molecular weight excluding hydrogens is 390 g/mol. The van der Waals surface area contributed by atoms with Crippen molar-refractivity contribution in [1.82, 2.24) is 4.98 Å². The van der Waals surface area contributed by atoms with Gasteiger partial charge in [-0.2, -0.15) is 0 Å². The number of rotatable bonds is 9. The molecule has 0 amide bonds. The van der Waals surface area contributed by atoms with E-state index in [0.717, 1.165) is 5.69 Å². The average molecular weight is 411 g/mol. The van der Waals surface area contributed by atoms with E-state index in [2.05, 4.69) is 4.98 Å². The smallest absolute Gasteiger partial charge is 0.338 e. The Kier molecular flexibility index (Phi) is 6.97. The number of Topliss-reactive ketones (excluding diaryl/α,β-unsaturated/α-hetero) is 1. The van der Waals surface area contributed by atoms with E-state index in [1.54, 1.807) is 61.0 Å². The Morgan fingerprint density at radius 1 is 0.966 bits per heavy atom. The zero-order valence-corrected chi connectivity index (χ0v) is 17.0. The average Bonchev–Trinajstić information content (AvgIpc) is 3.26. The Balaban J connectivity index is 1.55. The lowest BCUT2D eigenvalue weighted by Gasteiger charge is -2.13. The molecule has 6 nitrogen and oxygen atoms in total. The van der Waals surface area contributed by atoms with Gasteiger partial charge in [-0.05, 0) is 62.4 Å². The molecule has 0 bridgehead atoms. The number of hydrogen-bond acceptors (Lipinski definition) is 7. The zero-order chi connectivity index (χ0) is 20.6. The van der Waals surface area contributed by atoms with Crippen molar-refractivity contribution in [3.05, 3.63) is 76.2 Å². The fraction of sp³-hybridized carbons (Fsp3) is 0.227. The molecule has 3 aromatic rings. The highest BCUT2D eigenvalue weighted by molar-refractivity contribution is 7.07. The van der Waals surface area contributed by atoms with E-state index in [1.165, 1.54) is 11.3 Å². The van der Waals surface area contributed by atoms with Gasteiger partial charge < -0.3 is 14.2 Å². The largest absolute Gasteiger partial charge is 0.494 e. The van der Waals surface area contributed by atoms with E-state index >= 15 is 0 Å². The molecule has 0 saturated heterocycles. The molecule has 3 rings (SSSR count).